The number of nitrogens with two attached hydrogens (primary N) is 1. The first-order chi connectivity index (χ1) is 14.8. The summed E-state index contributed by atoms with van der Waals surface area (Å²) in [7, 11) is -3.35. The number of nitrogen functional groups attached to an aromatic ring is 1. The fourth-order valence-corrected chi connectivity index (χ4v) is 5.09. The molecule has 1 aliphatic rings. The molecular weight excluding hydrogens is 423 g/mol. The highest BCUT2D eigenvalue weighted by Crippen LogP contribution is 2.46. The molecule has 0 spiro atoms. The predicted molar refractivity (Wildman–Crippen MR) is 115 cm³/mol. The zero-order valence-corrected chi connectivity index (χ0v) is 19.1. The highest BCUT2D eigenvalue weighted by Gasteiger charge is 2.38. The molecule has 2 aromatic heterocycles. The van der Waals surface area contributed by atoms with Crippen LogP contribution >= 0.6 is 7.52 Å². The van der Waals surface area contributed by atoms with E-state index in [2.05, 4.69) is 27.0 Å². The monoisotopic (exact) mass is 454 g/mol. The Hall–Kier alpha value is -2.07. The van der Waals surface area contributed by atoms with Crippen molar-refractivity contribution in [2.45, 2.75) is 58.7 Å². The average molecular weight is 454 g/mol. The van der Waals surface area contributed by atoms with Gasteiger partial charge in [-0.1, -0.05) is 33.6 Å². The van der Waals surface area contributed by atoms with Crippen molar-refractivity contribution in [1.29, 1.82) is 0 Å². The van der Waals surface area contributed by atoms with Crippen LogP contribution in [-0.4, -0.2) is 57.2 Å². The van der Waals surface area contributed by atoms with E-state index in [1.807, 2.05) is 13.8 Å². The number of imidazole rings is 1. The number of esters is 1. The van der Waals surface area contributed by atoms with Gasteiger partial charge in [-0.05, 0) is 12.3 Å². The Morgan fingerprint density at radius 2 is 2.19 bits per heavy atom. The van der Waals surface area contributed by atoms with Crippen LogP contribution in [0.15, 0.2) is 12.7 Å². The maximum absolute atomic E-state index is 13.1. The lowest BCUT2D eigenvalue weighted by molar-refractivity contribution is -0.147. The Kier molecular flexibility index (Phi) is 7.99. The van der Waals surface area contributed by atoms with Crippen molar-refractivity contribution < 1.29 is 23.4 Å². The maximum atomic E-state index is 13.1. The van der Waals surface area contributed by atoms with E-state index in [-0.39, 0.29) is 25.0 Å². The molecule has 172 valence electrons. The molecule has 2 aromatic rings. The number of nitrogens with zero attached hydrogens (tertiary/aromatic N) is 4. The lowest BCUT2D eigenvalue weighted by Gasteiger charge is -2.32. The summed E-state index contributed by atoms with van der Waals surface area (Å²) in [5.74, 6) is -0.234. The standard InChI is InChI=1S/C19H31N6O5P/c1-4-5-6-7-28-19(26)15(13(2)3)24-31(27)12-29-14(9-30-31)8-25-11-23-16-17(20)21-10-22-18(16)25/h10-11,13-15H,4-9,12H2,1-3H3,(H,24,27)(H2,20,21,22)/t14-,15?,31?/m0/s1. The fourth-order valence-electron chi connectivity index (χ4n) is 3.22. The van der Waals surface area contributed by atoms with Crippen molar-refractivity contribution in [3.8, 4) is 0 Å². The SMILES string of the molecule is CCCCCOC(=O)C(NP1(=O)CO[C@@H](Cn2cnc3c(N)ncnc32)CO1)C(C)C. The molecule has 0 saturated carbocycles. The molecule has 0 aliphatic carbocycles. The average Bonchev–Trinajstić information content (AvgIpc) is 3.15. The van der Waals surface area contributed by atoms with Gasteiger partial charge in [0.05, 0.1) is 26.1 Å². The summed E-state index contributed by atoms with van der Waals surface area (Å²) in [5.41, 5.74) is 6.92. The minimum atomic E-state index is -3.35. The number of unbranched alkanes of at least 4 members (excludes halogenated alkanes) is 2. The first kappa shape index (κ1) is 23.6. The van der Waals surface area contributed by atoms with Crippen molar-refractivity contribution in [2.24, 2.45) is 5.92 Å². The topological polar surface area (TPSA) is 143 Å². The van der Waals surface area contributed by atoms with Gasteiger partial charge in [-0.15, -0.1) is 0 Å². The van der Waals surface area contributed by atoms with E-state index < -0.39 is 19.5 Å². The van der Waals surface area contributed by atoms with Gasteiger partial charge in [-0.25, -0.2) is 20.0 Å². The Morgan fingerprint density at radius 1 is 1.39 bits per heavy atom. The molecule has 3 heterocycles. The number of hydrogen-bond acceptors (Lipinski definition) is 9. The smallest absolute Gasteiger partial charge is 0.323 e. The van der Waals surface area contributed by atoms with Crippen molar-refractivity contribution in [3.63, 3.8) is 0 Å². The van der Waals surface area contributed by atoms with Gasteiger partial charge in [0.15, 0.2) is 11.5 Å². The van der Waals surface area contributed by atoms with Crippen LogP contribution in [0.4, 0.5) is 5.82 Å². The molecule has 0 amide bonds. The van der Waals surface area contributed by atoms with Gasteiger partial charge in [0.1, 0.15) is 30.3 Å². The van der Waals surface area contributed by atoms with Crippen LogP contribution in [0.3, 0.4) is 0 Å². The van der Waals surface area contributed by atoms with E-state index in [0.29, 0.717) is 30.1 Å². The lowest BCUT2D eigenvalue weighted by atomic mass is 10.1. The quantitative estimate of drug-likeness (QED) is 0.312. The third kappa shape index (κ3) is 6.00. The Labute approximate surface area is 181 Å². The molecule has 31 heavy (non-hydrogen) atoms. The van der Waals surface area contributed by atoms with Crippen LogP contribution in [-0.2, 0) is 29.9 Å². The third-order valence-corrected chi connectivity index (χ3v) is 6.75. The molecule has 2 unspecified atom stereocenters. The third-order valence-electron chi connectivity index (χ3n) is 5.03. The molecule has 1 fully saturated rings. The molecule has 0 radical (unpaired) electrons. The van der Waals surface area contributed by atoms with E-state index in [9.17, 15) is 9.36 Å². The van der Waals surface area contributed by atoms with Crippen molar-refractivity contribution in [3.05, 3.63) is 12.7 Å². The Morgan fingerprint density at radius 3 is 2.87 bits per heavy atom. The first-order valence-corrected chi connectivity index (χ1v) is 12.3. The Balaban J connectivity index is 1.55. The van der Waals surface area contributed by atoms with Gasteiger partial charge in [0.25, 0.3) is 7.52 Å². The number of ether oxygens (including phenoxy) is 2. The number of hydrogen-bond donors (Lipinski definition) is 2. The maximum Gasteiger partial charge on any atom is 0.323 e. The molecular formula is C19H31N6O5P. The molecule has 3 N–H and O–H groups in total. The van der Waals surface area contributed by atoms with Gasteiger partial charge < -0.3 is 24.3 Å². The largest absolute Gasteiger partial charge is 0.465 e. The second kappa shape index (κ2) is 10.5. The fraction of sp³-hybridized carbons (Fsp3) is 0.684. The zero-order chi connectivity index (χ0) is 22.4. The highest BCUT2D eigenvalue weighted by atomic mass is 31.2. The number of rotatable bonds is 10. The van der Waals surface area contributed by atoms with Gasteiger partial charge in [-0.3, -0.25) is 9.36 Å². The number of carbonyl (C=O) groups is 1. The summed E-state index contributed by atoms with van der Waals surface area (Å²) in [4.78, 5) is 24.8. The van der Waals surface area contributed by atoms with E-state index in [1.165, 1.54) is 6.33 Å². The number of fused-ring (bicyclic) bond motifs is 1. The molecule has 12 heteroatoms. The summed E-state index contributed by atoms with van der Waals surface area (Å²) in [6.07, 6.45) is 5.33. The second-order valence-electron chi connectivity index (χ2n) is 7.94. The van der Waals surface area contributed by atoms with Gasteiger partial charge in [0.2, 0.25) is 0 Å². The summed E-state index contributed by atoms with van der Waals surface area (Å²) in [6, 6.07) is -0.732. The van der Waals surface area contributed by atoms with Crippen molar-refractivity contribution in [2.75, 3.05) is 25.3 Å². The molecule has 1 saturated heterocycles. The summed E-state index contributed by atoms with van der Waals surface area (Å²) in [6.45, 7) is 6.66. The minimum absolute atomic E-state index is 0.0981. The molecule has 3 rings (SSSR count). The van der Waals surface area contributed by atoms with E-state index in [0.717, 1.165) is 19.3 Å². The summed E-state index contributed by atoms with van der Waals surface area (Å²) >= 11 is 0. The van der Waals surface area contributed by atoms with E-state index >= 15 is 0 Å². The van der Waals surface area contributed by atoms with Gasteiger partial charge in [-0.2, -0.15) is 0 Å². The number of anilines is 1. The Bertz CT molecular complexity index is 924. The molecule has 0 aromatic carbocycles. The molecule has 1 aliphatic heterocycles. The summed E-state index contributed by atoms with van der Waals surface area (Å²) < 4.78 is 31.7. The number of carbonyl (C=O) groups excluding carboxylic acids is 1. The lowest BCUT2D eigenvalue weighted by Crippen LogP contribution is -2.43. The van der Waals surface area contributed by atoms with Crippen LogP contribution in [0.5, 0.6) is 0 Å². The molecule has 0 bridgehead atoms. The van der Waals surface area contributed by atoms with Crippen molar-refractivity contribution in [1.82, 2.24) is 24.6 Å². The van der Waals surface area contributed by atoms with Crippen LogP contribution < -0.4 is 10.8 Å². The minimum Gasteiger partial charge on any atom is -0.465 e. The predicted octanol–water partition coefficient (Wildman–Crippen LogP) is 2.32. The normalized spacial score (nSPS) is 22.6. The van der Waals surface area contributed by atoms with Crippen LogP contribution in [0.25, 0.3) is 11.2 Å². The summed E-state index contributed by atoms with van der Waals surface area (Å²) in [5, 5.41) is 2.87. The van der Waals surface area contributed by atoms with E-state index in [1.54, 1.807) is 10.9 Å². The van der Waals surface area contributed by atoms with Crippen LogP contribution in [0, 0.1) is 5.92 Å². The molecule has 11 nitrogen and oxygen atoms in total. The number of nitrogens with one attached hydrogen (secondary N) is 1. The second-order valence-corrected chi connectivity index (χ2v) is 10.1. The highest BCUT2D eigenvalue weighted by molar-refractivity contribution is 7.56. The van der Waals surface area contributed by atoms with E-state index in [4.69, 9.17) is 19.7 Å². The molecule has 3 atom stereocenters. The van der Waals surface area contributed by atoms with Crippen LogP contribution in [0.2, 0.25) is 0 Å². The number of aromatic nitrogens is 4. The zero-order valence-electron chi connectivity index (χ0n) is 18.2. The van der Waals surface area contributed by atoms with Gasteiger partial charge >= 0.3 is 5.97 Å². The van der Waals surface area contributed by atoms with Gasteiger partial charge in [0, 0.05) is 0 Å². The van der Waals surface area contributed by atoms with Crippen LogP contribution in [0.1, 0.15) is 40.0 Å². The van der Waals surface area contributed by atoms with Crippen molar-refractivity contribution >= 4 is 30.5 Å². The first-order valence-electron chi connectivity index (χ1n) is 10.5.